The van der Waals surface area contributed by atoms with E-state index in [4.69, 9.17) is 9.47 Å². The minimum atomic E-state index is -0.553. The van der Waals surface area contributed by atoms with Crippen molar-refractivity contribution in [3.63, 3.8) is 0 Å². The Morgan fingerprint density at radius 1 is 1.06 bits per heavy atom. The van der Waals surface area contributed by atoms with E-state index < -0.39 is 17.1 Å². The van der Waals surface area contributed by atoms with Crippen molar-refractivity contribution >= 4 is 11.9 Å². The predicted octanol–water partition coefficient (Wildman–Crippen LogP) is 2.70. The number of hydrogen-bond acceptors (Lipinski definition) is 4. The lowest BCUT2D eigenvalue weighted by molar-refractivity contribution is -0.164. The van der Waals surface area contributed by atoms with E-state index >= 15 is 0 Å². The SMILES string of the molecule is C[C@@H](CC(=O)OC(C)(C)C)OC(=O)C(C)(C)C. The van der Waals surface area contributed by atoms with Crippen LogP contribution in [0.3, 0.4) is 0 Å². The smallest absolute Gasteiger partial charge is 0.311 e. The summed E-state index contributed by atoms with van der Waals surface area (Å²) >= 11 is 0. The molecule has 0 aromatic heterocycles. The van der Waals surface area contributed by atoms with Crippen molar-refractivity contribution in [3.05, 3.63) is 0 Å². The molecular formula is C13H24O4. The second-order valence-electron chi connectivity index (χ2n) is 6.26. The van der Waals surface area contributed by atoms with Gasteiger partial charge in [-0.05, 0) is 48.5 Å². The van der Waals surface area contributed by atoms with E-state index in [0.29, 0.717) is 0 Å². The summed E-state index contributed by atoms with van der Waals surface area (Å²) in [7, 11) is 0. The Labute approximate surface area is 104 Å². The molecule has 1 atom stereocenters. The highest BCUT2D eigenvalue weighted by Gasteiger charge is 2.26. The summed E-state index contributed by atoms with van der Waals surface area (Å²) < 4.78 is 10.3. The molecule has 0 aliphatic heterocycles. The molecule has 4 heteroatoms. The molecule has 0 amide bonds. The third-order valence-corrected chi connectivity index (χ3v) is 1.79. The molecule has 0 fully saturated rings. The van der Waals surface area contributed by atoms with Crippen LogP contribution < -0.4 is 0 Å². The maximum absolute atomic E-state index is 11.6. The number of carbonyl (C=O) groups is 2. The average molecular weight is 244 g/mol. The van der Waals surface area contributed by atoms with Crippen molar-refractivity contribution in [1.29, 1.82) is 0 Å². The lowest BCUT2D eigenvalue weighted by Gasteiger charge is -2.23. The van der Waals surface area contributed by atoms with Crippen molar-refractivity contribution in [2.45, 2.75) is 66.6 Å². The van der Waals surface area contributed by atoms with Crippen LogP contribution in [0.15, 0.2) is 0 Å². The Hall–Kier alpha value is -1.06. The molecule has 0 spiro atoms. The molecule has 0 rings (SSSR count). The largest absolute Gasteiger partial charge is 0.462 e. The minimum Gasteiger partial charge on any atom is -0.462 e. The fraction of sp³-hybridized carbons (Fsp3) is 0.846. The molecule has 0 bridgehead atoms. The van der Waals surface area contributed by atoms with E-state index in [0.717, 1.165) is 0 Å². The van der Waals surface area contributed by atoms with Crippen LogP contribution in [0.1, 0.15) is 54.9 Å². The van der Waals surface area contributed by atoms with Gasteiger partial charge in [-0.2, -0.15) is 0 Å². The van der Waals surface area contributed by atoms with Gasteiger partial charge in [0.25, 0.3) is 0 Å². The first-order valence-corrected chi connectivity index (χ1v) is 5.85. The van der Waals surface area contributed by atoms with E-state index in [2.05, 4.69) is 0 Å². The predicted molar refractivity (Wildman–Crippen MR) is 65.5 cm³/mol. The van der Waals surface area contributed by atoms with E-state index in [1.807, 2.05) is 0 Å². The number of ether oxygens (including phenoxy) is 2. The standard InChI is InChI=1S/C13H24O4/c1-9(16-11(15)12(2,3)4)8-10(14)17-13(5,6)7/h9H,8H2,1-7H3/t9-/m0/s1. The average Bonchev–Trinajstić information content (AvgIpc) is 1.96. The van der Waals surface area contributed by atoms with Crippen molar-refractivity contribution in [2.75, 3.05) is 0 Å². The van der Waals surface area contributed by atoms with Crippen molar-refractivity contribution in [1.82, 2.24) is 0 Å². The van der Waals surface area contributed by atoms with Crippen LogP contribution in [0.2, 0.25) is 0 Å². The molecule has 0 heterocycles. The second-order valence-corrected chi connectivity index (χ2v) is 6.26. The summed E-state index contributed by atoms with van der Waals surface area (Å²) in [4.78, 5) is 23.1. The molecule has 0 unspecified atom stereocenters. The molecular weight excluding hydrogens is 220 g/mol. The summed E-state index contributed by atoms with van der Waals surface area (Å²) in [6.45, 7) is 12.4. The van der Waals surface area contributed by atoms with Crippen molar-refractivity contribution in [2.24, 2.45) is 5.41 Å². The van der Waals surface area contributed by atoms with Crippen LogP contribution in [0, 0.1) is 5.41 Å². The molecule has 17 heavy (non-hydrogen) atoms. The van der Waals surface area contributed by atoms with Crippen LogP contribution in [0.25, 0.3) is 0 Å². The van der Waals surface area contributed by atoms with E-state index in [1.165, 1.54) is 0 Å². The van der Waals surface area contributed by atoms with Gasteiger partial charge in [-0.15, -0.1) is 0 Å². The van der Waals surface area contributed by atoms with Gasteiger partial charge in [0, 0.05) is 0 Å². The number of hydrogen-bond donors (Lipinski definition) is 0. The van der Waals surface area contributed by atoms with Gasteiger partial charge >= 0.3 is 11.9 Å². The van der Waals surface area contributed by atoms with Crippen molar-refractivity contribution in [3.8, 4) is 0 Å². The highest BCUT2D eigenvalue weighted by atomic mass is 16.6. The summed E-state index contributed by atoms with van der Waals surface area (Å²) in [5, 5.41) is 0. The molecule has 0 N–H and O–H groups in total. The fourth-order valence-electron chi connectivity index (χ4n) is 1.02. The highest BCUT2D eigenvalue weighted by molar-refractivity contribution is 5.76. The topological polar surface area (TPSA) is 52.6 Å². The molecule has 0 saturated heterocycles. The fourth-order valence-corrected chi connectivity index (χ4v) is 1.02. The van der Waals surface area contributed by atoms with Gasteiger partial charge in [0.05, 0.1) is 11.8 Å². The van der Waals surface area contributed by atoms with E-state index in [-0.39, 0.29) is 18.4 Å². The highest BCUT2D eigenvalue weighted by Crippen LogP contribution is 2.18. The third-order valence-electron chi connectivity index (χ3n) is 1.79. The quantitative estimate of drug-likeness (QED) is 0.716. The number of esters is 2. The third kappa shape index (κ3) is 7.77. The monoisotopic (exact) mass is 244 g/mol. The Balaban J connectivity index is 4.16. The lowest BCUT2D eigenvalue weighted by Crippen LogP contribution is -2.30. The molecule has 100 valence electrons. The summed E-state index contributed by atoms with van der Waals surface area (Å²) in [6, 6.07) is 0. The molecule has 0 aromatic carbocycles. The zero-order valence-corrected chi connectivity index (χ0v) is 11.9. The summed E-state index contributed by atoms with van der Waals surface area (Å²) in [5.41, 5.74) is -1.06. The van der Waals surface area contributed by atoms with Crippen molar-refractivity contribution < 1.29 is 19.1 Å². The van der Waals surface area contributed by atoms with Gasteiger partial charge in [0.15, 0.2) is 0 Å². The number of carbonyl (C=O) groups excluding carboxylic acids is 2. The zero-order chi connectivity index (χ0) is 13.9. The van der Waals surface area contributed by atoms with E-state index in [1.54, 1.807) is 48.5 Å². The van der Waals surface area contributed by atoms with Crippen LogP contribution in [-0.2, 0) is 19.1 Å². The molecule has 0 aromatic rings. The van der Waals surface area contributed by atoms with Gasteiger partial charge in [0.1, 0.15) is 11.7 Å². The van der Waals surface area contributed by atoms with Gasteiger partial charge in [-0.1, -0.05) is 0 Å². The Morgan fingerprint density at radius 2 is 1.53 bits per heavy atom. The van der Waals surface area contributed by atoms with Crippen LogP contribution in [-0.4, -0.2) is 23.6 Å². The van der Waals surface area contributed by atoms with Gasteiger partial charge in [0.2, 0.25) is 0 Å². The molecule has 0 aliphatic rings. The summed E-state index contributed by atoms with van der Waals surface area (Å²) in [6.07, 6.45) is -0.379. The molecule has 0 aliphatic carbocycles. The van der Waals surface area contributed by atoms with Gasteiger partial charge < -0.3 is 9.47 Å². The normalized spacial score (nSPS) is 14.1. The lowest BCUT2D eigenvalue weighted by atomic mass is 9.97. The minimum absolute atomic E-state index is 0.0824. The summed E-state index contributed by atoms with van der Waals surface area (Å²) in [5.74, 6) is -0.666. The first-order valence-electron chi connectivity index (χ1n) is 5.85. The van der Waals surface area contributed by atoms with Gasteiger partial charge in [-0.3, -0.25) is 9.59 Å². The maximum atomic E-state index is 11.6. The molecule has 0 radical (unpaired) electrons. The maximum Gasteiger partial charge on any atom is 0.311 e. The Kier molecular flexibility index (Phi) is 5.17. The first-order chi connectivity index (χ1) is 7.42. The second kappa shape index (κ2) is 5.52. The molecule has 4 nitrogen and oxygen atoms in total. The molecule has 0 saturated carbocycles. The van der Waals surface area contributed by atoms with Gasteiger partial charge in [-0.25, -0.2) is 0 Å². The number of rotatable bonds is 3. The zero-order valence-electron chi connectivity index (χ0n) is 11.9. The van der Waals surface area contributed by atoms with Crippen LogP contribution in [0.5, 0.6) is 0 Å². The Bertz CT molecular complexity index is 281. The van der Waals surface area contributed by atoms with Crippen LogP contribution in [0.4, 0.5) is 0 Å². The Morgan fingerprint density at radius 3 is 1.88 bits per heavy atom. The van der Waals surface area contributed by atoms with Crippen LogP contribution >= 0.6 is 0 Å². The first kappa shape index (κ1) is 15.9. The van der Waals surface area contributed by atoms with E-state index in [9.17, 15) is 9.59 Å².